The van der Waals surface area contributed by atoms with E-state index in [2.05, 4.69) is 38.3 Å². The third-order valence-corrected chi connectivity index (χ3v) is 4.70. The number of nitrogens with zero attached hydrogens (tertiary/aromatic N) is 3. The molecule has 0 bridgehead atoms. The number of benzene rings is 2. The lowest BCUT2D eigenvalue weighted by Crippen LogP contribution is -2.11. The summed E-state index contributed by atoms with van der Waals surface area (Å²) in [5, 5.41) is 9.07. The van der Waals surface area contributed by atoms with Crippen molar-refractivity contribution in [2.75, 3.05) is 5.84 Å². The summed E-state index contributed by atoms with van der Waals surface area (Å²) < 4.78 is 2.48. The smallest absolute Gasteiger partial charge is 0.210 e. The van der Waals surface area contributed by atoms with Crippen LogP contribution in [0.15, 0.2) is 64.2 Å². The van der Waals surface area contributed by atoms with E-state index in [0.29, 0.717) is 11.0 Å². The summed E-state index contributed by atoms with van der Waals surface area (Å²) in [5.41, 5.74) is 2.16. The van der Waals surface area contributed by atoms with Gasteiger partial charge in [0.25, 0.3) is 0 Å². The molecule has 0 aliphatic heterocycles. The maximum Gasteiger partial charge on any atom is 0.210 e. The van der Waals surface area contributed by atoms with Gasteiger partial charge in [-0.1, -0.05) is 70.2 Å². The van der Waals surface area contributed by atoms with Gasteiger partial charge in [0.2, 0.25) is 5.16 Å². The van der Waals surface area contributed by atoms with Crippen molar-refractivity contribution in [3.05, 3.63) is 64.6 Å². The molecule has 0 radical (unpaired) electrons. The maximum atomic E-state index is 6.12. The second-order valence-corrected chi connectivity index (χ2v) is 6.23. The van der Waals surface area contributed by atoms with E-state index in [4.69, 9.17) is 5.84 Å². The van der Waals surface area contributed by atoms with Gasteiger partial charge in [0.1, 0.15) is 0 Å². The molecule has 0 spiro atoms. The fourth-order valence-corrected chi connectivity index (χ4v) is 3.20. The molecule has 0 saturated carbocycles. The molecule has 3 aromatic rings. The molecule has 2 N–H and O–H groups in total. The molecule has 106 valence electrons. The molecule has 0 amide bonds. The summed E-state index contributed by atoms with van der Waals surface area (Å²) in [6.07, 6.45) is 0. The van der Waals surface area contributed by atoms with Crippen molar-refractivity contribution in [1.82, 2.24) is 14.9 Å². The Bertz CT molecular complexity index is 742. The lowest BCUT2D eigenvalue weighted by atomic mass is 10.2. The van der Waals surface area contributed by atoms with Crippen LogP contribution in [0.4, 0.5) is 0 Å². The highest BCUT2D eigenvalue weighted by Crippen LogP contribution is 2.28. The Kier molecular flexibility index (Phi) is 4.26. The van der Waals surface area contributed by atoms with Gasteiger partial charge in [-0.3, -0.25) is 0 Å². The number of rotatable bonds is 4. The first-order valence-electron chi connectivity index (χ1n) is 6.38. The molecule has 1 heterocycles. The van der Waals surface area contributed by atoms with Crippen LogP contribution in [0.2, 0.25) is 0 Å². The molecular weight excluding hydrogens is 348 g/mol. The molecule has 21 heavy (non-hydrogen) atoms. The van der Waals surface area contributed by atoms with Crippen molar-refractivity contribution in [2.45, 2.75) is 10.9 Å². The van der Waals surface area contributed by atoms with Crippen LogP contribution in [0.5, 0.6) is 0 Å². The standard InChI is InChI=1S/C15H13BrN4S/c16-13-9-5-4-8-12(13)14-18-19-15(20(14)17)21-10-11-6-2-1-3-7-11/h1-9H,10,17H2. The number of aromatic nitrogens is 3. The van der Waals surface area contributed by atoms with E-state index in [1.165, 1.54) is 10.2 Å². The van der Waals surface area contributed by atoms with Gasteiger partial charge in [0.05, 0.1) is 0 Å². The van der Waals surface area contributed by atoms with E-state index in [1.54, 1.807) is 11.8 Å². The Hall–Kier alpha value is -1.79. The first-order chi connectivity index (χ1) is 10.3. The topological polar surface area (TPSA) is 56.7 Å². The molecule has 0 unspecified atom stereocenters. The number of hydrogen-bond acceptors (Lipinski definition) is 4. The van der Waals surface area contributed by atoms with E-state index < -0.39 is 0 Å². The van der Waals surface area contributed by atoms with Gasteiger partial charge >= 0.3 is 0 Å². The summed E-state index contributed by atoms with van der Waals surface area (Å²) in [5.74, 6) is 7.58. The Labute approximate surface area is 135 Å². The lowest BCUT2D eigenvalue weighted by molar-refractivity contribution is 0.849. The van der Waals surface area contributed by atoms with Crippen LogP contribution in [0.3, 0.4) is 0 Å². The van der Waals surface area contributed by atoms with Crippen molar-refractivity contribution < 1.29 is 0 Å². The van der Waals surface area contributed by atoms with Crippen molar-refractivity contribution in [2.24, 2.45) is 0 Å². The van der Waals surface area contributed by atoms with E-state index >= 15 is 0 Å². The zero-order valence-corrected chi connectivity index (χ0v) is 13.5. The molecule has 1 aromatic heterocycles. The van der Waals surface area contributed by atoms with Crippen LogP contribution in [0.1, 0.15) is 5.56 Å². The van der Waals surface area contributed by atoms with Gasteiger partial charge < -0.3 is 5.84 Å². The molecule has 3 rings (SSSR count). The van der Waals surface area contributed by atoms with Crippen molar-refractivity contribution >= 4 is 27.7 Å². The van der Waals surface area contributed by atoms with Gasteiger partial charge in [0.15, 0.2) is 5.82 Å². The number of thioether (sulfide) groups is 1. The quantitative estimate of drug-likeness (QED) is 0.569. The maximum absolute atomic E-state index is 6.12. The Morgan fingerprint density at radius 1 is 1.00 bits per heavy atom. The SMILES string of the molecule is Nn1c(SCc2ccccc2)nnc1-c1ccccc1Br. The molecule has 0 saturated heterocycles. The normalized spacial score (nSPS) is 10.7. The number of halogens is 1. The minimum atomic E-state index is 0.651. The first-order valence-corrected chi connectivity index (χ1v) is 8.15. The molecule has 6 heteroatoms. The minimum Gasteiger partial charge on any atom is -0.335 e. The van der Waals surface area contributed by atoms with Crippen molar-refractivity contribution in [1.29, 1.82) is 0 Å². The Morgan fingerprint density at radius 2 is 1.71 bits per heavy atom. The number of nitrogen functional groups attached to an aromatic ring is 1. The van der Waals surface area contributed by atoms with Crippen LogP contribution >= 0.6 is 27.7 Å². The van der Waals surface area contributed by atoms with Crippen LogP contribution in [0.25, 0.3) is 11.4 Å². The molecular formula is C15H13BrN4S. The Balaban J connectivity index is 1.82. The van der Waals surface area contributed by atoms with Gasteiger partial charge in [-0.05, 0) is 17.7 Å². The summed E-state index contributed by atoms with van der Waals surface area (Å²) in [6.45, 7) is 0. The molecule has 0 aliphatic rings. The van der Waals surface area contributed by atoms with Crippen LogP contribution in [-0.2, 0) is 5.75 Å². The zero-order valence-electron chi connectivity index (χ0n) is 11.1. The van der Waals surface area contributed by atoms with Crippen molar-refractivity contribution in [3.8, 4) is 11.4 Å². The first kappa shape index (κ1) is 14.2. The largest absolute Gasteiger partial charge is 0.335 e. The van der Waals surface area contributed by atoms with Crippen molar-refractivity contribution in [3.63, 3.8) is 0 Å². The highest BCUT2D eigenvalue weighted by Gasteiger charge is 2.14. The number of hydrogen-bond donors (Lipinski definition) is 1. The summed E-state index contributed by atoms with van der Waals surface area (Å²) in [4.78, 5) is 0. The molecule has 0 fully saturated rings. The van der Waals surface area contributed by atoms with Gasteiger partial charge in [-0.2, -0.15) is 0 Å². The summed E-state index contributed by atoms with van der Waals surface area (Å²) in [6, 6.07) is 18.0. The molecule has 2 aromatic carbocycles. The highest BCUT2D eigenvalue weighted by atomic mass is 79.9. The van der Waals surface area contributed by atoms with Crippen LogP contribution in [-0.4, -0.2) is 14.9 Å². The average molecular weight is 361 g/mol. The third-order valence-electron chi connectivity index (χ3n) is 2.99. The van der Waals surface area contributed by atoms with Gasteiger partial charge in [-0.25, -0.2) is 4.68 Å². The summed E-state index contributed by atoms with van der Waals surface area (Å²) >= 11 is 5.08. The van der Waals surface area contributed by atoms with E-state index in [1.807, 2.05) is 42.5 Å². The van der Waals surface area contributed by atoms with Gasteiger partial charge in [0, 0.05) is 15.8 Å². The van der Waals surface area contributed by atoms with Gasteiger partial charge in [-0.15, -0.1) is 10.2 Å². The molecule has 0 aliphatic carbocycles. The fourth-order valence-electron chi connectivity index (χ4n) is 1.92. The highest BCUT2D eigenvalue weighted by molar-refractivity contribution is 9.10. The van der Waals surface area contributed by atoms with E-state index in [0.717, 1.165) is 15.8 Å². The zero-order chi connectivity index (χ0) is 14.7. The fraction of sp³-hybridized carbons (Fsp3) is 0.0667. The van der Waals surface area contributed by atoms with E-state index in [9.17, 15) is 0 Å². The second-order valence-electron chi connectivity index (χ2n) is 4.43. The summed E-state index contributed by atoms with van der Waals surface area (Å²) in [7, 11) is 0. The minimum absolute atomic E-state index is 0.651. The molecule has 4 nitrogen and oxygen atoms in total. The monoisotopic (exact) mass is 360 g/mol. The number of nitrogens with two attached hydrogens (primary N) is 1. The lowest BCUT2D eigenvalue weighted by Gasteiger charge is -2.05. The van der Waals surface area contributed by atoms with Crippen LogP contribution < -0.4 is 5.84 Å². The Morgan fingerprint density at radius 3 is 2.48 bits per heavy atom. The predicted molar refractivity (Wildman–Crippen MR) is 89.3 cm³/mol. The predicted octanol–water partition coefficient (Wildman–Crippen LogP) is 3.71. The second kappa shape index (κ2) is 6.32. The third kappa shape index (κ3) is 3.11. The molecule has 0 atom stereocenters. The van der Waals surface area contributed by atoms with E-state index in [-0.39, 0.29) is 0 Å². The average Bonchev–Trinajstić information content (AvgIpc) is 2.88. The van der Waals surface area contributed by atoms with Crippen LogP contribution in [0, 0.1) is 0 Å².